The molecule has 1 aliphatic rings. The molecule has 2 aromatic carbocycles. The van der Waals surface area contributed by atoms with Gasteiger partial charge in [-0.3, -0.25) is 4.90 Å². The van der Waals surface area contributed by atoms with Crippen molar-refractivity contribution in [3.8, 4) is 17.5 Å². The van der Waals surface area contributed by atoms with Gasteiger partial charge in [-0.25, -0.2) is 13.1 Å². The molecule has 8 nitrogen and oxygen atoms in total. The predicted octanol–water partition coefficient (Wildman–Crippen LogP) is 2.71. The summed E-state index contributed by atoms with van der Waals surface area (Å²) >= 11 is 5.29. The fourth-order valence-corrected chi connectivity index (χ4v) is 5.06. The molecule has 3 aromatic rings. The molecule has 1 aromatic heterocycles. The Hall–Kier alpha value is -2.84. The molecule has 0 saturated carbocycles. The number of hydrogen-bond acceptors (Lipinski definition) is 7. The van der Waals surface area contributed by atoms with Crippen molar-refractivity contribution < 1.29 is 12.8 Å². The molecule has 0 radical (unpaired) electrons. The second-order valence-corrected chi connectivity index (χ2v) is 9.07. The van der Waals surface area contributed by atoms with Crippen LogP contribution in [0.15, 0.2) is 63.9 Å². The summed E-state index contributed by atoms with van der Waals surface area (Å²) < 4.78 is 34.5. The van der Waals surface area contributed by atoms with E-state index >= 15 is 0 Å². The van der Waals surface area contributed by atoms with E-state index in [-0.39, 0.29) is 15.3 Å². The topological polar surface area (TPSA) is 95.4 Å². The van der Waals surface area contributed by atoms with E-state index in [1.54, 1.807) is 16.8 Å². The van der Waals surface area contributed by atoms with Gasteiger partial charge in [0.15, 0.2) is 0 Å². The van der Waals surface area contributed by atoms with Gasteiger partial charge in [-0.15, -0.1) is 5.10 Å². The van der Waals surface area contributed by atoms with Gasteiger partial charge in [0, 0.05) is 31.7 Å². The number of nitriles is 1. The summed E-state index contributed by atoms with van der Waals surface area (Å²) in [5.74, 6) is 0.454. The fourth-order valence-electron chi connectivity index (χ4n) is 3.32. The average molecular weight is 442 g/mol. The molecule has 1 aliphatic heterocycles. The lowest BCUT2D eigenvalue weighted by molar-refractivity contribution is 0.143. The minimum atomic E-state index is -3.72. The Morgan fingerprint density at radius 2 is 1.70 bits per heavy atom. The predicted molar refractivity (Wildman–Crippen MR) is 112 cm³/mol. The first-order valence-corrected chi connectivity index (χ1v) is 11.2. The van der Waals surface area contributed by atoms with Gasteiger partial charge in [0.25, 0.3) is 4.84 Å². The highest BCUT2D eigenvalue weighted by molar-refractivity contribution is 7.89. The Morgan fingerprint density at radius 3 is 2.40 bits per heavy atom. The van der Waals surface area contributed by atoms with Crippen LogP contribution in [0.5, 0.6) is 0 Å². The van der Waals surface area contributed by atoms with Gasteiger partial charge in [-0.2, -0.15) is 9.57 Å². The van der Waals surface area contributed by atoms with Crippen LogP contribution in [0, 0.1) is 16.2 Å². The molecule has 30 heavy (non-hydrogen) atoms. The van der Waals surface area contributed by atoms with Crippen LogP contribution in [0.4, 0.5) is 0 Å². The Kier molecular flexibility index (Phi) is 5.78. The average Bonchev–Trinajstić information content (AvgIpc) is 3.15. The highest BCUT2D eigenvalue weighted by Crippen LogP contribution is 2.22. The third-order valence-corrected chi connectivity index (χ3v) is 7.17. The van der Waals surface area contributed by atoms with Crippen molar-refractivity contribution in [2.75, 3.05) is 26.2 Å². The van der Waals surface area contributed by atoms with Gasteiger partial charge in [-0.05, 0) is 36.5 Å². The van der Waals surface area contributed by atoms with Crippen LogP contribution in [-0.2, 0) is 16.7 Å². The summed E-state index contributed by atoms with van der Waals surface area (Å²) in [6.45, 7) is 2.09. The Labute approximate surface area is 179 Å². The number of piperazine rings is 1. The molecule has 4 rings (SSSR count). The third kappa shape index (κ3) is 4.06. The van der Waals surface area contributed by atoms with Gasteiger partial charge in [0.2, 0.25) is 15.9 Å². The van der Waals surface area contributed by atoms with Crippen LogP contribution in [0.1, 0.15) is 5.56 Å². The van der Waals surface area contributed by atoms with E-state index < -0.39 is 10.0 Å². The Morgan fingerprint density at radius 1 is 1.03 bits per heavy atom. The molecule has 1 saturated heterocycles. The molecule has 0 amide bonds. The molecule has 0 unspecified atom stereocenters. The fraction of sp³-hybridized carbons (Fsp3) is 0.250. The van der Waals surface area contributed by atoms with E-state index in [1.807, 2.05) is 36.4 Å². The van der Waals surface area contributed by atoms with Crippen LogP contribution < -0.4 is 0 Å². The van der Waals surface area contributed by atoms with Gasteiger partial charge in [-0.1, -0.05) is 30.3 Å². The van der Waals surface area contributed by atoms with Gasteiger partial charge in [0.1, 0.15) is 6.07 Å². The number of benzene rings is 2. The lowest BCUT2D eigenvalue weighted by Crippen LogP contribution is -2.49. The van der Waals surface area contributed by atoms with E-state index in [9.17, 15) is 13.7 Å². The molecular weight excluding hydrogens is 422 g/mol. The molecule has 2 heterocycles. The number of rotatable bonds is 5. The van der Waals surface area contributed by atoms with Crippen molar-refractivity contribution in [1.29, 1.82) is 5.26 Å². The molecule has 1 fully saturated rings. The molecule has 0 aliphatic carbocycles. The van der Waals surface area contributed by atoms with Crippen LogP contribution in [0.25, 0.3) is 11.5 Å². The summed E-state index contributed by atoms with van der Waals surface area (Å²) in [7, 11) is -3.72. The van der Waals surface area contributed by atoms with E-state index in [4.69, 9.17) is 16.6 Å². The number of sulfonamides is 1. The summed E-state index contributed by atoms with van der Waals surface area (Å²) in [6, 6.07) is 17.7. The van der Waals surface area contributed by atoms with Gasteiger partial charge < -0.3 is 4.42 Å². The van der Waals surface area contributed by atoms with E-state index in [0.29, 0.717) is 38.7 Å². The molecule has 0 atom stereocenters. The molecular formula is C20H19N5O3S2. The highest BCUT2D eigenvalue weighted by Gasteiger charge is 2.30. The Balaban J connectivity index is 1.44. The van der Waals surface area contributed by atoms with Crippen molar-refractivity contribution in [1.82, 2.24) is 19.0 Å². The normalized spacial score (nSPS) is 15.7. The molecule has 10 heteroatoms. The third-order valence-electron chi connectivity index (χ3n) is 4.92. The van der Waals surface area contributed by atoms with Crippen LogP contribution >= 0.6 is 12.2 Å². The van der Waals surface area contributed by atoms with E-state index in [0.717, 1.165) is 5.56 Å². The maximum absolute atomic E-state index is 13.0. The summed E-state index contributed by atoms with van der Waals surface area (Å²) in [5.41, 5.74) is 0.997. The molecule has 0 spiro atoms. The zero-order chi connectivity index (χ0) is 21.1. The summed E-state index contributed by atoms with van der Waals surface area (Å²) in [5, 5.41) is 13.7. The first-order valence-electron chi connectivity index (χ1n) is 9.34. The van der Waals surface area contributed by atoms with Gasteiger partial charge >= 0.3 is 0 Å². The SMILES string of the molecule is N#Cc1ccccc1S(=O)(=O)N1CCN(Cn2nc(-c3ccccc3)oc2=S)CC1. The van der Waals surface area contributed by atoms with Crippen molar-refractivity contribution in [2.45, 2.75) is 11.6 Å². The van der Waals surface area contributed by atoms with Crippen LogP contribution in [0.3, 0.4) is 0 Å². The number of nitrogens with zero attached hydrogens (tertiary/aromatic N) is 5. The highest BCUT2D eigenvalue weighted by atomic mass is 32.2. The smallest absolute Gasteiger partial charge is 0.288 e. The monoisotopic (exact) mass is 441 g/mol. The van der Waals surface area contributed by atoms with Crippen molar-refractivity contribution >= 4 is 22.2 Å². The molecule has 0 N–H and O–H groups in total. The first-order chi connectivity index (χ1) is 14.5. The second-order valence-electron chi connectivity index (χ2n) is 6.81. The molecule has 154 valence electrons. The van der Waals surface area contributed by atoms with Crippen molar-refractivity contribution in [2.24, 2.45) is 0 Å². The van der Waals surface area contributed by atoms with E-state index in [2.05, 4.69) is 10.00 Å². The van der Waals surface area contributed by atoms with Crippen LogP contribution in [-0.4, -0.2) is 53.6 Å². The zero-order valence-electron chi connectivity index (χ0n) is 16.0. The maximum atomic E-state index is 13.0. The number of aromatic nitrogens is 2. The number of hydrogen-bond donors (Lipinski definition) is 0. The lowest BCUT2D eigenvalue weighted by atomic mass is 10.2. The van der Waals surface area contributed by atoms with Crippen LogP contribution in [0.2, 0.25) is 0 Å². The quantitative estimate of drug-likeness (QED) is 0.562. The summed E-state index contributed by atoms with van der Waals surface area (Å²) in [4.78, 5) is 2.38. The second kappa shape index (κ2) is 8.49. The minimum Gasteiger partial charge on any atom is -0.409 e. The maximum Gasteiger partial charge on any atom is 0.288 e. The Bertz CT molecular complexity index is 1240. The first kappa shape index (κ1) is 20.4. The summed E-state index contributed by atoms with van der Waals surface area (Å²) in [6.07, 6.45) is 0. The molecule has 0 bridgehead atoms. The van der Waals surface area contributed by atoms with Crippen molar-refractivity contribution in [3.05, 3.63) is 65.0 Å². The minimum absolute atomic E-state index is 0.0483. The lowest BCUT2D eigenvalue weighted by Gasteiger charge is -2.33. The largest absolute Gasteiger partial charge is 0.409 e. The van der Waals surface area contributed by atoms with Gasteiger partial charge in [0.05, 0.1) is 17.1 Å². The van der Waals surface area contributed by atoms with E-state index in [1.165, 1.54) is 16.4 Å². The van der Waals surface area contributed by atoms with Crippen molar-refractivity contribution in [3.63, 3.8) is 0 Å². The zero-order valence-corrected chi connectivity index (χ0v) is 17.6. The standard InChI is InChI=1S/C20H19N5O3S2/c21-14-17-8-4-5-9-18(17)30(26,27)24-12-10-23(11-13-24)15-25-20(29)28-19(22-25)16-6-2-1-3-7-16/h1-9H,10-13,15H2.